The lowest BCUT2D eigenvalue weighted by Gasteiger charge is -2.29. The molecule has 4 heterocycles. The normalized spacial score (nSPS) is 14.5. The highest BCUT2D eigenvalue weighted by Gasteiger charge is 2.22. The lowest BCUT2D eigenvalue weighted by molar-refractivity contribution is 0.122. The van der Waals surface area contributed by atoms with Crippen LogP contribution < -0.4 is 20.5 Å². The number of fused-ring (bicyclic) bond motifs is 2. The average Bonchev–Trinajstić information content (AvgIpc) is 2.90. The van der Waals surface area contributed by atoms with Gasteiger partial charge in [-0.05, 0) is 48.0 Å². The van der Waals surface area contributed by atoms with Crippen LogP contribution in [0.15, 0.2) is 71.7 Å². The number of morpholine rings is 1. The highest BCUT2D eigenvalue weighted by Crippen LogP contribution is 2.43. The van der Waals surface area contributed by atoms with Gasteiger partial charge in [-0.3, -0.25) is 9.78 Å². The minimum Gasteiger partial charge on any atom is -0.456 e. The molecular formula is C28H25ClN4O3. The molecule has 0 radical (unpaired) electrons. The number of rotatable bonds is 5. The van der Waals surface area contributed by atoms with Crippen LogP contribution in [0.5, 0.6) is 11.5 Å². The molecule has 6 rings (SSSR count). The van der Waals surface area contributed by atoms with Crippen molar-refractivity contribution in [1.82, 2.24) is 9.97 Å². The van der Waals surface area contributed by atoms with Gasteiger partial charge in [0.1, 0.15) is 11.5 Å². The van der Waals surface area contributed by atoms with E-state index in [9.17, 15) is 4.79 Å². The van der Waals surface area contributed by atoms with Crippen LogP contribution in [0.25, 0.3) is 11.3 Å². The maximum Gasteiger partial charge on any atom is 0.250 e. The first-order valence-electron chi connectivity index (χ1n) is 12.0. The summed E-state index contributed by atoms with van der Waals surface area (Å²) < 4.78 is 11.9. The summed E-state index contributed by atoms with van der Waals surface area (Å²) in [6.45, 7) is 3.44. The van der Waals surface area contributed by atoms with Gasteiger partial charge in [-0.15, -0.1) is 0 Å². The molecule has 0 bridgehead atoms. The van der Waals surface area contributed by atoms with E-state index in [-0.39, 0.29) is 5.56 Å². The van der Waals surface area contributed by atoms with Crippen LogP contribution in [-0.2, 0) is 17.7 Å². The van der Waals surface area contributed by atoms with E-state index in [2.05, 4.69) is 32.3 Å². The molecule has 2 N–H and O–H groups in total. The zero-order valence-corrected chi connectivity index (χ0v) is 20.3. The Hall–Kier alpha value is -3.81. The summed E-state index contributed by atoms with van der Waals surface area (Å²) in [5.74, 6) is 1.59. The van der Waals surface area contributed by atoms with Gasteiger partial charge in [0.2, 0.25) is 5.56 Å². The molecule has 0 spiro atoms. The number of aromatic amines is 1. The topological polar surface area (TPSA) is 79.5 Å². The minimum absolute atomic E-state index is 0.132. The highest BCUT2D eigenvalue weighted by atomic mass is 35.5. The molecule has 2 aliphatic heterocycles. The Balaban J connectivity index is 1.26. The summed E-state index contributed by atoms with van der Waals surface area (Å²) in [5.41, 5.74) is 6.42. The minimum atomic E-state index is -0.132. The third-order valence-corrected chi connectivity index (χ3v) is 6.73. The quantitative estimate of drug-likeness (QED) is 0.344. The molecule has 0 amide bonds. The van der Waals surface area contributed by atoms with Gasteiger partial charge in [-0.25, -0.2) is 0 Å². The van der Waals surface area contributed by atoms with E-state index in [1.165, 1.54) is 0 Å². The van der Waals surface area contributed by atoms with Gasteiger partial charge >= 0.3 is 0 Å². The Morgan fingerprint density at radius 2 is 1.92 bits per heavy atom. The number of hydrogen-bond acceptors (Lipinski definition) is 6. The number of anilines is 2. The van der Waals surface area contributed by atoms with E-state index in [0.29, 0.717) is 24.8 Å². The number of aromatic nitrogens is 2. The molecule has 0 saturated carbocycles. The van der Waals surface area contributed by atoms with Crippen LogP contribution in [0.3, 0.4) is 0 Å². The fourth-order valence-electron chi connectivity index (χ4n) is 4.71. The van der Waals surface area contributed by atoms with Crippen molar-refractivity contribution in [2.24, 2.45) is 0 Å². The molecule has 36 heavy (non-hydrogen) atoms. The molecule has 1 saturated heterocycles. The molecule has 0 atom stereocenters. The van der Waals surface area contributed by atoms with Gasteiger partial charge in [-0.1, -0.05) is 23.7 Å². The van der Waals surface area contributed by atoms with Gasteiger partial charge in [0, 0.05) is 59.3 Å². The van der Waals surface area contributed by atoms with Crippen molar-refractivity contribution < 1.29 is 9.47 Å². The van der Waals surface area contributed by atoms with Crippen molar-refractivity contribution >= 4 is 23.0 Å². The second-order valence-electron chi connectivity index (χ2n) is 8.93. The van der Waals surface area contributed by atoms with Crippen molar-refractivity contribution in [3.8, 4) is 22.8 Å². The lowest BCUT2D eigenvalue weighted by Crippen LogP contribution is -2.36. The van der Waals surface area contributed by atoms with Gasteiger partial charge in [-0.2, -0.15) is 0 Å². The summed E-state index contributed by atoms with van der Waals surface area (Å²) in [4.78, 5) is 22.1. The zero-order chi connectivity index (χ0) is 24.5. The molecule has 7 nitrogen and oxygen atoms in total. The van der Waals surface area contributed by atoms with Crippen molar-refractivity contribution in [3.63, 3.8) is 0 Å². The predicted molar refractivity (Wildman–Crippen MR) is 141 cm³/mol. The second kappa shape index (κ2) is 9.68. The first kappa shape index (κ1) is 22.6. The summed E-state index contributed by atoms with van der Waals surface area (Å²) in [7, 11) is 0. The molecular weight excluding hydrogens is 476 g/mol. The van der Waals surface area contributed by atoms with Gasteiger partial charge in [0.05, 0.1) is 31.1 Å². The lowest BCUT2D eigenvalue weighted by atomic mass is 9.96. The number of nitrogens with zero attached hydrogens (tertiary/aromatic N) is 2. The van der Waals surface area contributed by atoms with Crippen molar-refractivity contribution in [3.05, 3.63) is 99.1 Å². The first-order chi connectivity index (χ1) is 17.6. The Morgan fingerprint density at radius 1 is 1.03 bits per heavy atom. The highest BCUT2D eigenvalue weighted by molar-refractivity contribution is 6.30. The Morgan fingerprint density at radius 3 is 2.78 bits per heavy atom. The number of H-pyrrole nitrogens is 1. The number of pyridine rings is 2. The molecule has 8 heteroatoms. The summed E-state index contributed by atoms with van der Waals surface area (Å²) in [6.07, 6.45) is 2.44. The van der Waals surface area contributed by atoms with E-state index in [0.717, 1.165) is 70.5 Å². The number of benzene rings is 2. The summed E-state index contributed by atoms with van der Waals surface area (Å²) >= 11 is 6.07. The molecule has 1 fully saturated rings. The number of nitrogens with one attached hydrogen (secondary N) is 2. The van der Waals surface area contributed by atoms with Crippen LogP contribution in [0.2, 0.25) is 5.02 Å². The molecule has 2 aliphatic rings. The Kier molecular flexibility index (Phi) is 6.09. The van der Waals surface area contributed by atoms with E-state index in [4.69, 9.17) is 21.1 Å². The second-order valence-corrected chi connectivity index (χ2v) is 9.37. The third kappa shape index (κ3) is 4.67. The number of ether oxygens (including phenoxy) is 2. The Labute approximate surface area is 213 Å². The first-order valence-corrected chi connectivity index (χ1v) is 12.3. The molecule has 4 aromatic rings. The van der Waals surface area contributed by atoms with E-state index in [1.54, 1.807) is 18.3 Å². The van der Waals surface area contributed by atoms with Crippen molar-refractivity contribution in [2.45, 2.75) is 13.0 Å². The maximum atomic E-state index is 12.5. The van der Waals surface area contributed by atoms with Crippen molar-refractivity contribution in [2.75, 3.05) is 36.5 Å². The fraction of sp³-hybridized carbons (Fsp3) is 0.214. The van der Waals surface area contributed by atoms with E-state index < -0.39 is 0 Å². The molecule has 2 aromatic heterocycles. The largest absolute Gasteiger partial charge is 0.456 e. The predicted octanol–water partition coefficient (Wildman–Crippen LogP) is 5.24. The number of halogens is 1. The molecule has 0 unspecified atom stereocenters. The molecule has 0 aliphatic carbocycles. The standard InChI is InChI=1S/C28H25ClN4O3/c29-20-6-7-30-22(14-20)17-31-21-4-5-26-19(13-21)12-18-2-1-3-24(28(18)36-26)25-15-23(16-27(34)32-25)33-8-10-35-11-9-33/h1-7,13-16,31H,8-12,17H2,(H,32,34). The maximum absolute atomic E-state index is 12.5. The third-order valence-electron chi connectivity index (χ3n) is 6.50. The average molecular weight is 501 g/mol. The van der Waals surface area contributed by atoms with Crippen LogP contribution in [0.4, 0.5) is 11.4 Å². The van der Waals surface area contributed by atoms with Gasteiger partial charge in [0.25, 0.3) is 0 Å². The number of hydrogen-bond donors (Lipinski definition) is 2. The summed E-state index contributed by atoms with van der Waals surface area (Å²) in [6, 6.07) is 19.5. The SMILES string of the molecule is O=c1cc(N2CCOCC2)cc(-c2cccc3c2Oc2ccc(NCc4cc(Cl)ccn4)cc2C3)[nH]1. The molecule has 2 aromatic carbocycles. The van der Waals surface area contributed by atoms with Gasteiger partial charge < -0.3 is 24.7 Å². The van der Waals surface area contributed by atoms with E-state index in [1.807, 2.05) is 36.4 Å². The van der Waals surface area contributed by atoms with Crippen LogP contribution in [0, 0.1) is 0 Å². The summed E-state index contributed by atoms with van der Waals surface area (Å²) in [5, 5.41) is 4.08. The van der Waals surface area contributed by atoms with Crippen LogP contribution >= 0.6 is 11.6 Å². The fourth-order valence-corrected chi connectivity index (χ4v) is 4.90. The van der Waals surface area contributed by atoms with E-state index >= 15 is 0 Å². The smallest absolute Gasteiger partial charge is 0.250 e. The zero-order valence-electron chi connectivity index (χ0n) is 19.6. The monoisotopic (exact) mass is 500 g/mol. The number of para-hydroxylation sites is 1. The van der Waals surface area contributed by atoms with Crippen LogP contribution in [-0.4, -0.2) is 36.3 Å². The Bertz CT molecular complexity index is 1480. The van der Waals surface area contributed by atoms with Crippen molar-refractivity contribution in [1.29, 1.82) is 0 Å². The molecule has 182 valence electrons. The van der Waals surface area contributed by atoms with Crippen LogP contribution in [0.1, 0.15) is 16.8 Å². The van der Waals surface area contributed by atoms with Gasteiger partial charge in [0.15, 0.2) is 0 Å².